The summed E-state index contributed by atoms with van der Waals surface area (Å²) in [5, 5.41) is 0. The van der Waals surface area contributed by atoms with E-state index in [-0.39, 0.29) is 25.2 Å². The Morgan fingerprint density at radius 3 is 1.71 bits per heavy atom. The fourth-order valence-corrected chi connectivity index (χ4v) is 4.58. The van der Waals surface area contributed by atoms with Crippen LogP contribution in [0.1, 0.15) is 162 Å². The van der Waals surface area contributed by atoms with Crippen LogP contribution in [-0.4, -0.2) is 37.9 Å². The topological polar surface area (TPSA) is 61.8 Å². The van der Waals surface area contributed by atoms with Crippen LogP contribution in [0.3, 0.4) is 0 Å². The summed E-state index contributed by atoms with van der Waals surface area (Å²) in [5.41, 5.74) is 0. The van der Waals surface area contributed by atoms with Gasteiger partial charge in [-0.3, -0.25) is 9.59 Å². The first-order chi connectivity index (χ1) is 20.6. The normalized spacial score (nSPS) is 12.5. The zero-order chi connectivity index (χ0) is 30.8. The zero-order valence-corrected chi connectivity index (χ0v) is 27.8. The molecule has 5 heteroatoms. The highest BCUT2D eigenvalue weighted by Gasteiger charge is 2.17. The lowest BCUT2D eigenvalue weighted by molar-refractivity contribution is -0.163. The van der Waals surface area contributed by atoms with Crippen molar-refractivity contribution in [2.24, 2.45) is 0 Å². The SMILES string of the molecule is CC/C=C\C/C=C\C/C=C\CCCCCCCCOCC(COC(=O)CCCCCCC)OC(=O)CCCCCCC. The molecule has 0 aromatic heterocycles. The van der Waals surface area contributed by atoms with Crippen molar-refractivity contribution >= 4 is 11.9 Å². The second kappa shape index (κ2) is 33.6. The molecule has 0 saturated heterocycles. The van der Waals surface area contributed by atoms with Crippen LogP contribution in [0.5, 0.6) is 0 Å². The predicted molar refractivity (Wildman–Crippen MR) is 178 cm³/mol. The highest BCUT2D eigenvalue weighted by Crippen LogP contribution is 2.11. The van der Waals surface area contributed by atoms with Gasteiger partial charge in [-0.1, -0.05) is 134 Å². The van der Waals surface area contributed by atoms with Crippen molar-refractivity contribution in [2.45, 2.75) is 168 Å². The molecule has 1 unspecified atom stereocenters. The third-order valence-electron chi connectivity index (χ3n) is 7.19. The smallest absolute Gasteiger partial charge is 0.306 e. The molecule has 0 saturated carbocycles. The Morgan fingerprint density at radius 2 is 1.07 bits per heavy atom. The standard InChI is InChI=1S/C37H66O5/c1-4-7-10-13-14-15-16-17-18-19-20-21-22-23-26-29-32-40-33-35(42-37(39)31-28-25-12-9-6-3)34-41-36(38)30-27-24-11-8-5-2/h7,10,14-15,17-18,35H,4-6,8-9,11-13,16,19-34H2,1-3H3/b10-7-,15-14-,18-17-. The number of esters is 2. The number of unbranched alkanes of at least 4 members (excludes halogenated alkanes) is 14. The maximum Gasteiger partial charge on any atom is 0.306 e. The third-order valence-corrected chi connectivity index (χ3v) is 7.19. The Morgan fingerprint density at radius 1 is 0.548 bits per heavy atom. The first-order valence-corrected chi connectivity index (χ1v) is 17.5. The summed E-state index contributed by atoms with van der Waals surface area (Å²) in [6.07, 6.45) is 36.1. The van der Waals surface area contributed by atoms with Gasteiger partial charge in [-0.2, -0.15) is 0 Å². The number of carbonyl (C=O) groups excluding carboxylic acids is 2. The van der Waals surface area contributed by atoms with Crippen LogP contribution in [0, 0.1) is 0 Å². The van der Waals surface area contributed by atoms with E-state index in [2.05, 4.69) is 57.2 Å². The van der Waals surface area contributed by atoms with Crippen LogP contribution in [0.4, 0.5) is 0 Å². The Hall–Kier alpha value is -1.88. The van der Waals surface area contributed by atoms with E-state index in [4.69, 9.17) is 14.2 Å². The minimum absolute atomic E-state index is 0.0798. The highest BCUT2D eigenvalue weighted by molar-refractivity contribution is 5.70. The van der Waals surface area contributed by atoms with Gasteiger partial charge >= 0.3 is 11.9 Å². The van der Waals surface area contributed by atoms with Gasteiger partial charge in [-0.25, -0.2) is 0 Å². The number of ether oxygens (including phenoxy) is 3. The summed E-state index contributed by atoms with van der Waals surface area (Å²) in [6.45, 7) is 7.52. The van der Waals surface area contributed by atoms with Gasteiger partial charge in [0.15, 0.2) is 6.10 Å². The molecule has 0 heterocycles. The Balaban J connectivity index is 4.05. The minimum atomic E-state index is -0.529. The van der Waals surface area contributed by atoms with Crippen LogP contribution < -0.4 is 0 Å². The van der Waals surface area contributed by atoms with Crippen molar-refractivity contribution in [3.05, 3.63) is 36.5 Å². The fourth-order valence-electron chi connectivity index (χ4n) is 4.58. The minimum Gasteiger partial charge on any atom is -0.462 e. The molecule has 0 aromatic rings. The van der Waals surface area contributed by atoms with Crippen molar-refractivity contribution in [2.75, 3.05) is 19.8 Å². The second-order valence-corrected chi connectivity index (χ2v) is 11.4. The molecule has 0 aliphatic carbocycles. The number of hydrogen-bond acceptors (Lipinski definition) is 5. The van der Waals surface area contributed by atoms with Gasteiger partial charge in [-0.05, 0) is 51.4 Å². The second-order valence-electron chi connectivity index (χ2n) is 11.4. The summed E-state index contributed by atoms with van der Waals surface area (Å²) in [4.78, 5) is 24.5. The summed E-state index contributed by atoms with van der Waals surface area (Å²) in [6, 6.07) is 0. The maximum absolute atomic E-state index is 12.4. The molecule has 0 aliphatic heterocycles. The van der Waals surface area contributed by atoms with Gasteiger partial charge in [0.25, 0.3) is 0 Å². The van der Waals surface area contributed by atoms with E-state index in [1.165, 1.54) is 51.4 Å². The van der Waals surface area contributed by atoms with Crippen LogP contribution in [0.15, 0.2) is 36.5 Å². The summed E-state index contributed by atoms with van der Waals surface area (Å²) in [7, 11) is 0. The van der Waals surface area contributed by atoms with Crippen LogP contribution in [0.25, 0.3) is 0 Å². The van der Waals surface area contributed by atoms with Crippen molar-refractivity contribution in [1.82, 2.24) is 0 Å². The van der Waals surface area contributed by atoms with Crippen molar-refractivity contribution in [3.63, 3.8) is 0 Å². The highest BCUT2D eigenvalue weighted by atomic mass is 16.6. The third kappa shape index (κ3) is 31.1. The van der Waals surface area contributed by atoms with Gasteiger partial charge in [-0.15, -0.1) is 0 Å². The molecule has 0 spiro atoms. The lowest BCUT2D eigenvalue weighted by Gasteiger charge is -2.18. The average molecular weight is 591 g/mol. The van der Waals surface area contributed by atoms with E-state index in [1.807, 2.05) is 0 Å². The molecule has 42 heavy (non-hydrogen) atoms. The van der Waals surface area contributed by atoms with Gasteiger partial charge in [0.2, 0.25) is 0 Å². The predicted octanol–water partition coefficient (Wildman–Crippen LogP) is 10.8. The number of hydrogen-bond donors (Lipinski definition) is 0. The summed E-state index contributed by atoms with van der Waals surface area (Å²) < 4.78 is 16.9. The average Bonchev–Trinajstić information content (AvgIpc) is 2.98. The molecule has 5 nitrogen and oxygen atoms in total. The first-order valence-electron chi connectivity index (χ1n) is 17.5. The molecule has 0 radical (unpaired) electrons. The van der Waals surface area contributed by atoms with Crippen molar-refractivity contribution in [1.29, 1.82) is 0 Å². The first kappa shape index (κ1) is 40.1. The Kier molecular flexibility index (Phi) is 32.1. The monoisotopic (exact) mass is 590 g/mol. The lowest BCUT2D eigenvalue weighted by atomic mass is 10.1. The van der Waals surface area contributed by atoms with E-state index in [9.17, 15) is 9.59 Å². The number of allylic oxidation sites excluding steroid dienone is 6. The van der Waals surface area contributed by atoms with E-state index in [0.717, 1.165) is 77.0 Å². The summed E-state index contributed by atoms with van der Waals surface area (Å²) >= 11 is 0. The van der Waals surface area contributed by atoms with Crippen molar-refractivity contribution < 1.29 is 23.8 Å². The maximum atomic E-state index is 12.4. The zero-order valence-electron chi connectivity index (χ0n) is 27.8. The van der Waals surface area contributed by atoms with Crippen LogP contribution in [-0.2, 0) is 23.8 Å². The van der Waals surface area contributed by atoms with E-state index >= 15 is 0 Å². The lowest BCUT2D eigenvalue weighted by Crippen LogP contribution is -2.30. The molecule has 0 rings (SSSR count). The van der Waals surface area contributed by atoms with E-state index in [1.54, 1.807) is 0 Å². The number of rotatable bonds is 31. The van der Waals surface area contributed by atoms with Gasteiger partial charge < -0.3 is 14.2 Å². The van der Waals surface area contributed by atoms with Crippen molar-refractivity contribution in [3.8, 4) is 0 Å². The molecular formula is C37H66O5. The van der Waals surface area contributed by atoms with Gasteiger partial charge in [0, 0.05) is 19.4 Å². The Labute approximate surface area is 259 Å². The molecular weight excluding hydrogens is 524 g/mol. The molecule has 0 aromatic carbocycles. The molecule has 1 atom stereocenters. The Bertz CT molecular complexity index is 682. The van der Waals surface area contributed by atoms with E-state index < -0.39 is 6.10 Å². The quantitative estimate of drug-likeness (QED) is 0.0456. The molecule has 0 aliphatic rings. The molecule has 0 N–H and O–H groups in total. The molecule has 0 amide bonds. The fraction of sp³-hybridized carbons (Fsp3) is 0.784. The van der Waals surface area contributed by atoms with E-state index in [0.29, 0.717) is 19.4 Å². The van der Waals surface area contributed by atoms with Gasteiger partial charge in [0.05, 0.1) is 6.61 Å². The molecule has 244 valence electrons. The largest absolute Gasteiger partial charge is 0.462 e. The number of carbonyl (C=O) groups is 2. The van der Waals surface area contributed by atoms with Gasteiger partial charge in [0.1, 0.15) is 6.61 Å². The van der Waals surface area contributed by atoms with Crippen LogP contribution >= 0.6 is 0 Å². The summed E-state index contributed by atoms with van der Waals surface area (Å²) in [5.74, 6) is -0.434. The van der Waals surface area contributed by atoms with Crippen LogP contribution in [0.2, 0.25) is 0 Å². The molecule has 0 bridgehead atoms. The molecule has 0 fully saturated rings.